The summed E-state index contributed by atoms with van der Waals surface area (Å²) in [4.78, 5) is 19.1. The molecule has 2 heterocycles. The van der Waals surface area contributed by atoms with Gasteiger partial charge in [-0.1, -0.05) is 376 Å². The summed E-state index contributed by atoms with van der Waals surface area (Å²) in [7, 11) is -1.78. The maximum Gasteiger partial charge on any atom is 0.149 e. The molecule has 0 radical (unpaired) electrons. The molecule has 6 nitrogen and oxygen atoms in total. The Labute approximate surface area is 747 Å². The summed E-state index contributed by atoms with van der Waals surface area (Å²) in [6.07, 6.45) is 23.2. The van der Waals surface area contributed by atoms with Gasteiger partial charge in [0.1, 0.15) is 11.0 Å². The van der Waals surface area contributed by atoms with E-state index in [0.717, 1.165) is 0 Å². The Morgan fingerprint density at radius 3 is 0.563 bits per heavy atom. The van der Waals surface area contributed by atoms with E-state index in [1.807, 2.05) is 6.20 Å². The second-order valence-corrected chi connectivity index (χ2v) is 66.6. The van der Waals surface area contributed by atoms with Crippen molar-refractivity contribution in [2.45, 2.75) is 150 Å². The van der Waals surface area contributed by atoms with Crippen molar-refractivity contribution in [3.05, 3.63) is 394 Å². The molecule has 119 heavy (non-hydrogen) atoms. The van der Waals surface area contributed by atoms with Crippen LogP contribution in [0, 0.1) is 0 Å². The van der Waals surface area contributed by atoms with Crippen LogP contribution in [0.2, 0.25) is 36.7 Å². The minimum atomic E-state index is -2.39. The topological polar surface area (TPSA) is 104 Å². The predicted octanol–water partition coefficient (Wildman–Crippen LogP) is 24.1. The number of nitrogens with zero attached hydrogens (tertiary/aromatic N) is 4. The van der Waals surface area contributed by atoms with Crippen molar-refractivity contribution in [3.63, 3.8) is 0 Å². The van der Waals surface area contributed by atoms with Crippen molar-refractivity contribution < 1.29 is 20.4 Å². The van der Waals surface area contributed by atoms with E-state index in [0.29, 0.717) is 16.8 Å². The van der Waals surface area contributed by atoms with E-state index in [1.54, 1.807) is 19.5 Å². The second kappa shape index (κ2) is 58.6. The summed E-state index contributed by atoms with van der Waals surface area (Å²) >= 11 is 1.44. The Kier molecular flexibility index (Phi) is 48.7. The third-order valence-corrected chi connectivity index (χ3v) is 58.8. The largest absolute Gasteiger partial charge is 0.382 e. The number of aromatic nitrogens is 4. The number of anilines is 2. The zero-order valence-corrected chi connectivity index (χ0v) is 82.7. The van der Waals surface area contributed by atoms with E-state index < -0.39 is 68.4 Å². The first-order valence-corrected chi connectivity index (χ1v) is 64.7. The monoisotopic (exact) mass is 1970 g/mol. The SMILES string of the molecule is CCC[CH2][Sn]([CH2]CCC)([CH2]CCC)[c]1cncc(N)n1.CCC[CH2][Sn]([CH3])([CH2]CCC)[CH2]CCC.Nc1cncc(Cl)n1.[Pd].c1ccc(P(c2ccccc2)c2ccccc2)cc1.c1ccc(P(c2ccccc2)c2ccccc2)cc1.c1ccc(P(c2ccccc2)c2ccccc2)cc1.c1ccc(P(c2ccccc2)c2ccccc2)cc1. The van der Waals surface area contributed by atoms with Gasteiger partial charge in [0, 0.05) is 20.4 Å². The van der Waals surface area contributed by atoms with E-state index in [1.165, 1.54) is 170 Å². The van der Waals surface area contributed by atoms with Crippen molar-refractivity contribution in [3.8, 4) is 0 Å². The Hall–Kier alpha value is -7.33. The van der Waals surface area contributed by atoms with Crippen LogP contribution in [0.5, 0.6) is 0 Å². The number of unbranched alkanes of at least 4 members (excludes halogenated alkanes) is 6. The quantitative estimate of drug-likeness (QED) is 0.0331. The molecule has 0 amide bonds. The number of nitrogen functional groups attached to an aromatic ring is 2. The molecule has 0 aliphatic rings. The van der Waals surface area contributed by atoms with Gasteiger partial charge in [0.15, 0.2) is 0 Å². The van der Waals surface area contributed by atoms with Crippen LogP contribution in [-0.2, 0) is 20.4 Å². The van der Waals surface area contributed by atoms with Crippen LogP contribution >= 0.6 is 43.3 Å². The van der Waals surface area contributed by atoms with E-state index in [9.17, 15) is 0 Å². The minimum Gasteiger partial charge on any atom is -0.382 e. The van der Waals surface area contributed by atoms with Crippen molar-refractivity contribution in [1.29, 1.82) is 0 Å². The number of rotatable bonds is 31. The summed E-state index contributed by atoms with van der Waals surface area (Å²) in [6.45, 7) is 13.9. The van der Waals surface area contributed by atoms with Gasteiger partial charge in [-0.05, 0) is 95.3 Å². The van der Waals surface area contributed by atoms with Gasteiger partial charge < -0.3 is 5.73 Å². The van der Waals surface area contributed by atoms with E-state index in [2.05, 4.69) is 425 Å². The summed E-state index contributed by atoms with van der Waals surface area (Å²) in [5.41, 5.74) is 11.1. The van der Waals surface area contributed by atoms with Gasteiger partial charge in [-0.15, -0.1) is 0 Å². The van der Waals surface area contributed by atoms with Crippen LogP contribution < -0.4 is 78.8 Å². The summed E-state index contributed by atoms with van der Waals surface area (Å²) in [5, 5.41) is 17.1. The second-order valence-electron chi connectivity index (χ2n) is 29.7. The van der Waals surface area contributed by atoms with Crippen molar-refractivity contribution >= 4 is 159 Å². The molecular weight excluding hydrogens is 1850 g/mol. The molecule has 0 atom stereocenters. The van der Waals surface area contributed by atoms with Crippen molar-refractivity contribution in [2.24, 2.45) is 0 Å². The van der Waals surface area contributed by atoms with Gasteiger partial charge in [-0.2, -0.15) is 0 Å². The molecule has 12 aromatic carbocycles. The maximum absolute atomic E-state index is 5.90. The molecule has 14 heteroatoms. The molecule has 4 N–H and O–H groups in total. The Balaban J connectivity index is 0.000000193. The van der Waals surface area contributed by atoms with Crippen LogP contribution in [0.1, 0.15) is 119 Å². The fourth-order valence-electron chi connectivity index (χ4n) is 14.2. The molecule has 2 aromatic heterocycles. The minimum absolute atomic E-state index is 0. The van der Waals surface area contributed by atoms with Gasteiger partial charge >= 0.3 is 225 Å². The maximum atomic E-state index is 5.90. The number of nitrogens with two attached hydrogens (primary N) is 2. The Morgan fingerprint density at radius 1 is 0.244 bits per heavy atom. The van der Waals surface area contributed by atoms with Crippen LogP contribution in [0.25, 0.3) is 0 Å². The normalized spacial score (nSPS) is 10.8. The first kappa shape index (κ1) is 98.8. The number of benzene rings is 12. The molecule has 0 aliphatic heterocycles. The molecule has 14 rings (SSSR count). The molecule has 0 aliphatic carbocycles. The third-order valence-electron chi connectivity index (χ3n) is 20.4. The molecule has 0 fully saturated rings. The zero-order chi connectivity index (χ0) is 83.4. The molecule has 0 bridgehead atoms. The van der Waals surface area contributed by atoms with Gasteiger partial charge in [-0.25, -0.2) is 4.98 Å². The van der Waals surface area contributed by atoms with E-state index >= 15 is 0 Å². The molecule has 0 saturated heterocycles. The van der Waals surface area contributed by atoms with E-state index in [-0.39, 0.29) is 20.4 Å². The van der Waals surface area contributed by atoms with Crippen LogP contribution in [-0.4, -0.2) is 56.7 Å². The fraction of sp³-hybridized carbons (Fsp3) is 0.238. The third kappa shape index (κ3) is 35.2. The predicted molar refractivity (Wildman–Crippen MR) is 534 cm³/mol. The molecule has 0 unspecified atom stereocenters. The number of hydrogen-bond acceptors (Lipinski definition) is 6. The first-order valence-electron chi connectivity index (χ1n) is 42.6. The molecular formula is C105H125ClN6P4PdSn2. The standard InChI is InChI=1S/4C18H15P.C4H4ClN3.C4H4N3.6C4H9.CH3.Pd.2Sn/c4*1-4-10-16(11-5-1)19(17-12-6-2-7-13-17)18-14-8-3-9-15-18;5-3-1-7-2-4(6)8-3;5-4-3-6-1-2-7-4;6*1-3-4-2;;;;/h4*1-15H;1-2H,(H2,6,8);1,3H,(H2,5,7);6*1,3-4H2,2H3;1H3;;;. The molecule has 0 saturated carbocycles. The number of hydrogen-bond donors (Lipinski definition) is 2. The van der Waals surface area contributed by atoms with Crippen LogP contribution in [0.15, 0.2) is 389 Å². The average molecular weight is 1970 g/mol. The first-order chi connectivity index (χ1) is 57.9. The summed E-state index contributed by atoms with van der Waals surface area (Å²) < 4.78 is 10.6. The van der Waals surface area contributed by atoms with Crippen molar-refractivity contribution in [1.82, 2.24) is 19.9 Å². The van der Waals surface area contributed by atoms with Gasteiger partial charge in [0.25, 0.3) is 0 Å². The fourth-order valence-corrected chi connectivity index (χ4v) is 51.2. The van der Waals surface area contributed by atoms with Gasteiger partial charge in [0.2, 0.25) is 0 Å². The van der Waals surface area contributed by atoms with Crippen LogP contribution in [0.3, 0.4) is 0 Å². The van der Waals surface area contributed by atoms with Crippen molar-refractivity contribution in [2.75, 3.05) is 11.5 Å². The summed E-state index contributed by atoms with van der Waals surface area (Å²) in [5.74, 6) is 0.950. The van der Waals surface area contributed by atoms with Gasteiger partial charge in [0.05, 0.1) is 12.4 Å². The smallest absolute Gasteiger partial charge is 0.149 e. The molecule has 620 valence electrons. The Bertz CT molecular complexity index is 3940. The Morgan fingerprint density at radius 2 is 0.412 bits per heavy atom. The van der Waals surface area contributed by atoms with E-state index in [4.69, 9.17) is 28.1 Å². The van der Waals surface area contributed by atoms with Crippen LogP contribution in [0.4, 0.5) is 11.6 Å². The number of halogens is 1. The zero-order valence-electron chi connectivity index (χ0n) is 71.1. The van der Waals surface area contributed by atoms with Gasteiger partial charge in [-0.3, -0.25) is 4.98 Å². The average Bonchev–Trinajstić information content (AvgIpc) is 0.968. The summed E-state index contributed by atoms with van der Waals surface area (Å²) in [6, 6.07) is 129. The molecule has 0 spiro atoms. The molecule has 14 aromatic rings.